The topological polar surface area (TPSA) is 112 Å². The summed E-state index contributed by atoms with van der Waals surface area (Å²) >= 11 is 0. The van der Waals surface area contributed by atoms with Crippen molar-refractivity contribution in [2.45, 2.75) is 83.7 Å². The molecule has 1 fully saturated rings. The summed E-state index contributed by atoms with van der Waals surface area (Å²) in [5.74, 6) is -0.271. The van der Waals surface area contributed by atoms with Gasteiger partial charge in [0.1, 0.15) is 6.04 Å². The van der Waals surface area contributed by atoms with Crippen molar-refractivity contribution in [2.75, 3.05) is 52.4 Å². The number of amides is 2. The van der Waals surface area contributed by atoms with Gasteiger partial charge in [0.15, 0.2) is 0 Å². The molecule has 0 aromatic carbocycles. The van der Waals surface area contributed by atoms with Crippen molar-refractivity contribution in [2.24, 2.45) is 5.73 Å². The number of hydrogen-bond acceptors (Lipinski definition) is 6. The van der Waals surface area contributed by atoms with Gasteiger partial charge in [-0.15, -0.1) is 0 Å². The Balaban J connectivity index is 2.30. The van der Waals surface area contributed by atoms with Crippen LogP contribution < -0.4 is 27.0 Å². The third kappa shape index (κ3) is 13.7. The number of nitrogens with one attached hydrogen (secondary N) is 4. The van der Waals surface area contributed by atoms with E-state index in [1.165, 1.54) is 38.5 Å². The number of rotatable bonds is 12. The van der Waals surface area contributed by atoms with Gasteiger partial charge in [0, 0.05) is 52.4 Å². The third-order valence-electron chi connectivity index (χ3n) is 5.82. The van der Waals surface area contributed by atoms with Crippen LogP contribution in [0.2, 0.25) is 0 Å². The quantitative estimate of drug-likeness (QED) is 0.289. The van der Waals surface area contributed by atoms with Crippen LogP contribution in [-0.4, -0.2) is 81.2 Å². The summed E-state index contributed by atoms with van der Waals surface area (Å²) in [6.45, 7) is 10.3. The van der Waals surface area contributed by atoms with Crippen molar-refractivity contribution in [3.63, 3.8) is 0 Å². The van der Waals surface area contributed by atoms with Crippen LogP contribution in [-0.2, 0) is 9.59 Å². The Hall–Kier alpha value is -1.22. The number of carbonyl (C=O) groups is 2. The van der Waals surface area contributed by atoms with Crippen molar-refractivity contribution < 1.29 is 9.59 Å². The van der Waals surface area contributed by atoms with Gasteiger partial charge in [-0.1, -0.05) is 58.3 Å². The van der Waals surface area contributed by atoms with E-state index in [0.717, 1.165) is 52.1 Å². The van der Waals surface area contributed by atoms with Gasteiger partial charge in [-0.2, -0.15) is 0 Å². The summed E-state index contributed by atoms with van der Waals surface area (Å²) in [7, 11) is 0. The monoisotopic (exact) mass is 440 g/mol. The first-order valence-electron chi connectivity index (χ1n) is 12.5. The lowest BCUT2D eigenvalue weighted by Crippen LogP contribution is -2.53. The largest absolute Gasteiger partial charge is 0.343 e. The maximum Gasteiger partial charge on any atom is 0.244 e. The molecule has 0 radical (unpaired) electrons. The number of hydrogen-bond donors (Lipinski definition) is 5. The predicted molar refractivity (Wildman–Crippen MR) is 128 cm³/mol. The molecule has 8 nitrogen and oxygen atoms in total. The lowest BCUT2D eigenvalue weighted by atomic mass is 10.0. The minimum Gasteiger partial charge on any atom is -0.343 e. The molecule has 2 atom stereocenters. The van der Waals surface area contributed by atoms with Crippen molar-refractivity contribution >= 4 is 11.8 Å². The molecule has 1 rings (SSSR count). The summed E-state index contributed by atoms with van der Waals surface area (Å²) in [4.78, 5) is 27.2. The van der Waals surface area contributed by atoms with E-state index < -0.39 is 12.1 Å². The highest BCUT2D eigenvalue weighted by molar-refractivity contribution is 5.89. The molecule has 0 saturated carbocycles. The predicted octanol–water partition coefficient (Wildman–Crippen LogP) is 0.960. The number of nitrogens with zero attached hydrogens (tertiary/aromatic N) is 1. The Morgan fingerprint density at radius 2 is 1.32 bits per heavy atom. The number of carbonyl (C=O) groups excluding carboxylic acids is 2. The van der Waals surface area contributed by atoms with E-state index in [2.05, 4.69) is 28.2 Å². The number of nitrogens with two attached hydrogens (primary N) is 1. The van der Waals surface area contributed by atoms with Gasteiger partial charge < -0.3 is 31.9 Å². The minimum atomic E-state index is -0.563. The van der Waals surface area contributed by atoms with E-state index in [4.69, 9.17) is 5.73 Å². The molecule has 1 aliphatic heterocycles. The number of unbranched alkanes of at least 4 members (excludes halogenated alkanes) is 7. The highest BCUT2D eigenvalue weighted by atomic mass is 16.2. The fourth-order valence-corrected chi connectivity index (χ4v) is 3.77. The molecule has 0 aromatic heterocycles. The molecular weight excluding hydrogens is 392 g/mol. The van der Waals surface area contributed by atoms with Crippen LogP contribution >= 0.6 is 0 Å². The van der Waals surface area contributed by atoms with Crippen molar-refractivity contribution in [3.05, 3.63) is 0 Å². The van der Waals surface area contributed by atoms with Crippen LogP contribution in [0.25, 0.3) is 0 Å². The van der Waals surface area contributed by atoms with Crippen LogP contribution in [0.15, 0.2) is 0 Å². The van der Waals surface area contributed by atoms with E-state index in [0.29, 0.717) is 19.5 Å². The standard InChI is InChI=1S/C23H48N6O2/c1-3-4-5-6-7-8-9-10-11-21(24)22(30)28-20(2)23(31)29-18-16-26-14-12-25-13-15-27-17-19-29/h20-21,25-27H,3-19,24H2,1-2H3,(H,28,30)/t20-,21-/m0/s1. The van der Waals surface area contributed by atoms with E-state index in [1.54, 1.807) is 6.92 Å². The summed E-state index contributed by atoms with van der Waals surface area (Å²) in [6, 6.07) is -1.11. The molecule has 31 heavy (non-hydrogen) atoms. The SMILES string of the molecule is CCCCCCCCCC[C@H](N)C(=O)N[C@@H](C)C(=O)N1CCNCCNCCNCC1. The average Bonchev–Trinajstić information content (AvgIpc) is 2.75. The highest BCUT2D eigenvalue weighted by Crippen LogP contribution is 2.10. The van der Waals surface area contributed by atoms with Crippen LogP contribution in [0.5, 0.6) is 0 Å². The molecule has 0 aromatic rings. The van der Waals surface area contributed by atoms with E-state index in [-0.39, 0.29) is 11.8 Å². The average molecular weight is 441 g/mol. The normalized spacial score (nSPS) is 18.5. The van der Waals surface area contributed by atoms with Gasteiger partial charge in [-0.3, -0.25) is 9.59 Å². The summed E-state index contributed by atoms with van der Waals surface area (Å²) in [5, 5.41) is 12.9. The van der Waals surface area contributed by atoms with E-state index >= 15 is 0 Å². The fraction of sp³-hybridized carbons (Fsp3) is 0.913. The molecule has 1 saturated heterocycles. The smallest absolute Gasteiger partial charge is 0.244 e. The van der Waals surface area contributed by atoms with Crippen LogP contribution in [0.3, 0.4) is 0 Å². The second-order valence-corrected chi connectivity index (χ2v) is 8.68. The zero-order chi connectivity index (χ0) is 22.7. The Morgan fingerprint density at radius 3 is 1.87 bits per heavy atom. The molecule has 1 aliphatic rings. The lowest BCUT2D eigenvalue weighted by Gasteiger charge is -2.27. The molecule has 0 bridgehead atoms. The lowest BCUT2D eigenvalue weighted by molar-refractivity contribution is -0.136. The molecule has 0 aliphatic carbocycles. The summed E-state index contributed by atoms with van der Waals surface area (Å²) < 4.78 is 0. The molecule has 182 valence electrons. The fourth-order valence-electron chi connectivity index (χ4n) is 3.77. The Bertz CT molecular complexity index is 465. The van der Waals surface area contributed by atoms with Gasteiger partial charge in [0.2, 0.25) is 11.8 Å². The molecule has 0 spiro atoms. The van der Waals surface area contributed by atoms with Crippen LogP contribution in [0.4, 0.5) is 0 Å². The van der Waals surface area contributed by atoms with Gasteiger partial charge >= 0.3 is 0 Å². The Morgan fingerprint density at radius 1 is 0.839 bits per heavy atom. The zero-order valence-corrected chi connectivity index (χ0v) is 20.0. The Labute approximate surface area is 189 Å². The third-order valence-corrected chi connectivity index (χ3v) is 5.82. The maximum absolute atomic E-state index is 12.9. The Kier molecular flexibility index (Phi) is 16.5. The first kappa shape index (κ1) is 27.8. The summed E-state index contributed by atoms with van der Waals surface area (Å²) in [6.07, 6.45) is 10.4. The van der Waals surface area contributed by atoms with Crippen LogP contribution in [0, 0.1) is 0 Å². The molecule has 0 unspecified atom stereocenters. The van der Waals surface area contributed by atoms with Crippen molar-refractivity contribution in [1.82, 2.24) is 26.2 Å². The van der Waals surface area contributed by atoms with E-state index in [1.807, 2.05) is 4.90 Å². The molecule has 2 amide bonds. The molecule has 1 heterocycles. The first-order valence-corrected chi connectivity index (χ1v) is 12.5. The second-order valence-electron chi connectivity index (χ2n) is 8.68. The minimum absolute atomic E-state index is 0.0496. The van der Waals surface area contributed by atoms with Crippen molar-refractivity contribution in [3.8, 4) is 0 Å². The maximum atomic E-state index is 12.9. The highest BCUT2D eigenvalue weighted by Gasteiger charge is 2.24. The first-order chi connectivity index (χ1) is 15.1. The zero-order valence-electron chi connectivity index (χ0n) is 20.0. The van der Waals surface area contributed by atoms with Gasteiger partial charge in [0.05, 0.1) is 6.04 Å². The molecule has 6 N–H and O–H groups in total. The second kappa shape index (κ2) is 18.4. The van der Waals surface area contributed by atoms with Gasteiger partial charge in [-0.05, 0) is 13.3 Å². The molecule has 8 heteroatoms. The molecular formula is C23H48N6O2. The van der Waals surface area contributed by atoms with Crippen LogP contribution in [0.1, 0.15) is 71.6 Å². The van der Waals surface area contributed by atoms with E-state index in [9.17, 15) is 9.59 Å². The van der Waals surface area contributed by atoms with Gasteiger partial charge in [-0.25, -0.2) is 0 Å². The van der Waals surface area contributed by atoms with Gasteiger partial charge in [0.25, 0.3) is 0 Å². The van der Waals surface area contributed by atoms with Crippen molar-refractivity contribution in [1.29, 1.82) is 0 Å². The summed E-state index contributed by atoms with van der Waals surface area (Å²) in [5.41, 5.74) is 6.08.